The Hall–Kier alpha value is -1.94. The molecule has 2 heterocycles. The molecule has 2 aromatic heterocycles. The maximum absolute atomic E-state index is 4.42. The lowest BCUT2D eigenvalue weighted by molar-refractivity contribution is 0.791. The molecule has 0 bridgehead atoms. The quantitative estimate of drug-likeness (QED) is 0.299. The van der Waals surface area contributed by atoms with E-state index in [1.807, 2.05) is 18.7 Å². The molecule has 2 N–H and O–H groups in total. The van der Waals surface area contributed by atoms with Crippen molar-refractivity contribution in [3.05, 3.63) is 70.2 Å². The number of hydrogen-bond donors (Lipinski definition) is 2. The monoisotopic (exact) mass is 496 g/mol. The highest BCUT2D eigenvalue weighted by Gasteiger charge is 2.03. The summed E-state index contributed by atoms with van der Waals surface area (Å²) in [6, 6.07) is 8.58. The fraction of sp³-hybridized carbons (Fsp3) is 0.316. The van der Waals surface area contributed by atoms with Gasteiger partial charge in [0.05, 0.1) is 12.9 Å². The van der Waals surface area contributed by atoms with Crippen LogP contribution >= 0.6 is 35.3 Å². The van der Waals surface area contributed by atoms with Gasteiger partial charge in [-0.2, -0.15) is 0 Å². The van der Waals surface area contributed by atoms with Crippen molar-refractivity contribution in [2.24, 2.45) is 4.99 Å². The first-order valence-corrected chi connectivity index (χ1v) is 9.50. The maximum Gasteiger partial charge on any atom is 0.191 e. The molecule has 0 amide bonds. The third-order valence-corrected chi connectivity index (χ3v) is 5.13. The van der Waals surface area contributed by atoms with Crippen LogP contribution in [0.4, 0.5) is 0 Å². The summed E-state index contributed by atoms with van der Waals surface area (Å²) in [5, 5.41) is 7.73. The molecule has 8 heteroatoms. The lowest BCUT2D eigenvalue weighted by atomic mass is 10.1. The van der Waals surface area contributed by atoms with E-state index in [2.05, 4.69) is 61.4 Å². The van der Waals surface area contributed by atoms with E-state index in [1.54, 1.807) is 24.6 Å². The number of guanidine groups is 1. The van der Waals surface area contributed by atoms with E-state index in [4.69, 9.17) is 0 Å². The minimum Gasteiger partial charge on any atom is -0.352 e. The minimum absolute atomic E-state index is 0. The van der Waals surface area contributed by atoms with E-state index in [-0.39, 0.29) is 24.0 Å². The van der Waals surface area contributed by atoms with Crippen LogP contribution < -0.4 is 10.6 Å². The van der Waals surface area contributed by atoms with Crippen LogP contribution in [0.3, 0.4) is 0 Å². The molecule has 3 aromatic rings. The summed E-state index contributed by atoms with van der Waals surface area (Å²) in [4.78, 5) is 14.1. The predicted octanol–water partition coefficient (Wildman–Crippen LogP) is 3.43. The number of aliphatic imine (C=N–C) groups is 1. The van der Waals surface area contributed by atoms with Crippen LogP contribution in [0.25, 0.3) is 0 Å². The molecule has 27 heavy (non-hydrogen) atoms. The Morgan fingerprint density at radius 2 is 1.89 bits per heavy atom. The SMILES string of the molecule is CCc1cnc(CNC(=NC)NCc2ccc(Cn3ccnc3)cc2)s1.I. The number of aryl methyl sites for hydroxylation is 1. The van der Waals surface area contributed by atoms with E-state index in [9.17, 15) is 0 Å². The average Bonchev–Trinajstić information content (AvgIpc) is 3.35. The molecular formula is C19H25IN6S. The van der Waals surface area contributed by atoms with Gasteiger partial charge in [0.15, 0.2) is 5.96 Å². The Balaban J connectivity index is 0.00000261. The van der Waals surface area contributed by atoms with E-state index >= 15 is 0 Å². The molecule has 0 aliphatic carbocycles. The largest absolute Gasteiger partial charge is 0.352 e. The standard InChI is InChI=1S/C19H24N6S.HI/c1-3-17-11-22-18(26-17)12-24-19(20-2)23-10-15-4-6-16(7-5-15)13-25-9-8-21-14-25;/h4-9,11,14H,3,10,12-13H2,1-2H3,(H2,20,23,24);1H. The number of halogens is 1. The number of hydrogen-bond acceptors (Lipinski definition) is 4. The van der Waals surface area contributed by atoms with Crippen molar-refractivity contribution in [1.29, 1.82) is 0 Å². The van der Waals surface area contributed by atoms with Crippen LogP contribution in [0.5, 0.6) is 0 Å². The predicted molar refractivity (Wildman–Crippen MR) is 122 cm³/mol. The number of aromatic nitrogens is 3. The number of nitrogens with zero attached hydrogens (tertiary/aromatic N) is 4. The lowest BCUT2D eigenvalue weighted by Crippen LogP contribution is -2.36. The number of nitrogens with one attached hydrogen (secondary N) is 2. The normalized spacial score (nSPS) is 11.1. The van der Waals surface area contributed by atoms with E-state index in [0.29, 0.717) is 6.54 Å². The summed E-state index contributed by atoms with van der Waals surface area (Å²) in [5.74, 6) is 0.778. The topological polar surface area (TPSA) is 67.1 Å². The highest BCUT2D eigenvalue weighted by Crippen LogP contribution is 2.12. The van der Waals surface area contributed by atoms with Crippen molar-refractivity contribution < 1.29 is 0 Å². The fourth-order valence-electron chi connectivity index (χ4n) is 2.51. The smallest absolute Gasteiger partial charge is 0.191 e. The van der Waals surface area contributed by atoms with Crippen LogP contribution in [0, 0.1) is 0 Å². The van der Waals surface area contributed by atoms with Crippen molar-refractivity contribution in [3.63, 3.8) is 0 Å². The van der Waals surface area contributed by atoms with Crippen LogP contribution in [-0.2, 0) is 26.1 Å². The summed E-state index contributed by atoms with van der Waals surface area (Å²) in [6.45, 7) is 4.40. The zero-order valence-corrected chi connectivity index (χ0v) is 18.7. The Kier molecular flexibility index (Phi) is 8.73. The van der Waals surface area contributed by atoms with Crippen molar-refractivity contribution in [2.45, 2.75) is 33.0 Å². The van der Waals surface area contributed by atoms with Gasteiger partial charge in [-0.1, -0.05) is 31.2 Å². The van der Waals surface area contributed by atoms with Gasteiger partial charge < -0.3 is 15.2 Å². The third kappa shape index (κ3) is 6.62. The Morgan fingerprint density at radius 1 is 1.15 bits per heavy atom. The van der Waals surface area contributed by atoms with Crippen LogP contribution in [0.2, 0.25) is 0 Å². The molecule has 1 aromatic carbocycles. The molecule has 0 atom stereocenters. The van der Waals surface area contributed by atoms with Gasteiger partial charge in [0.2, 0.25) is 0 Å². The summed E-state index contributed by atoms with van der Waals surface area (Å²) in [5.41, 5.74) is 2.47. The molecular weight excluding hydrogens is 471 g/mol. The molecule has 0 fully saturated rings. The zero-order valence-electron chi connectivity index (χ0n) is 15.6. The molecule has 0 unspecified atom stereocenters. The van der Waals surface area contributed by atoms with E-state index in [1.165, 1.54) is 16.0 Å². The molecule has 0 aliphatic heterocycles. The molecule has 0 aliphatic rings. The molecule has 0 saturated carbocycles. The van der Waals surface area contributed by atoms with Gasteiger partial charge >= 0.3 is 0 Å². The maximum atomic E-state index is 4.42. The van der Waals surface area contributed by atoms with Crippen LogP contribution in [0.1, 0.15) is 27.9 Å². The zero-order chi connectivity index (χ0) is 18.2. The highest BCUT2D eigenvalue weighted by atomic mass is 127. The summed E-state index contributed by atoms with van der Waals surface area (Å²) in [7, 11) is 1.78. The molecule has 6 nitrogen and oxygen atoms in total. The second-order valence-electron chi connectivity index (χ2n) is 5.90. The van der Waals surface area contributed by atoms with Gasteiger partial charge in [-0.15, -0.1) is 35.3 Å². The molecule has 0 saturated heterocycles. The first-order chi connectivity index (χ1) is 12.8. The van der Waals surface area contributed by atoms with Gasteiger partial charge in [-0.25, -0.2) is 9.97 Å². The van der Waals surface area contributed by atoms with Gasteiger partial charge in [0, 0.05) is 43.6 Å². The van der Waals surface area contributed by atoms with Crippen molar-refractivity contribution in [1.82, 2.24) is 25.2 Å². The van der Waals surface area contributed by atoms with Gasteiger partial charge in [-0.3, -0.25) is 4.99 Å². The van der Waals surface area contributed by atoms with Gasteiger partial charge in [0.1, 0.15) is 5.01 Å². The number of imidazole rings is 1. The summed E-state index contributed by atoms with van der Waals surface area (Å²) >= 11 is 1.74. The summed E-state index contributed by atoms with van der Waals surface area (Å²) in [6.07, 6.45) is 8.57. The molecule has 144 valence electrons. The number of benzene rings is 1. The molecule has 0 spiro atoms. The van der Waals surface area contributed by atoms with Gasteiger partial charge in [0.25, 0.3) is 0 Å². The average molecular weight is 496 g/mol. The highest BCUT2D eigenvalue weighted by molar-refractivity contribution is 14.0. The van der Waals surface area contributed by atoms with Crippen molar-refractivity contribution >= 4 is 41.3 Å². The lowest BCUT2D eigenvalue weighted by Gasteiger charge is -2.11. The first-order valence-electron chi connectivity index (χ1n) is 8.68. The van der Waals surface area contributed by atoms with Crippen molar-refractivity contribution in [2.75, 3.05) is 7.05 Å². The first kappa shape index (κ1) is 21.4. The number of rotatable bonds is 7. The van der Waals surface area contributed by atoms with Crippen LogP contribution in [0.15, 0.2) is 54.2 Å². The second kappa shape index (κ2) is 11.0. The third-order valence-electron chi connectivity index (χ3n) is 3.99. The Bertz CT molecular complexity index is 826. The van der Waals surface area contributed by atoms with Gasteiger partial charge in [-0.05, 0) is 17.5 Å². The Morgan fingerprint density at radius 3 is 2.52 bits per heavy atom. The van der Waals surface area contributed by atoms with E-state index < -0.39 is 0 Å². The fourth-order valence-corrected chi connectivity index (χ4v) is 3.31. The second-order valence-corrected chi connectivity index (χ2v) is 7.10. The Labute approximate surface area is 181 Å². The molecule has 3 rings (SSSR count). The minimum atomic E-state index is 0. The van der Waals surface area contributed by atoms with Crippen LogP contribution in [-0.4, -0.2) is 27.5 Å². The summed E-state index contributed by atoms with van der Waals surface area (Å²) < 4.78 is 2.06. The van der Waals surface area contributed by atoms with Crippen molar-refractivity contribution in [3.8, 4) is 0 Å². The number of thiazole rings is 1. The van der Waals surface area contributed by atoms with E-state index in [0.717, 1.165) is 30.5 Å². The molecule has 0 radical (unpaired) electrons.